The van der Waals surface area contributed by atoms with Crippen molar-refractivity contribution in [2.24, 2.45) is 0 Å². The van der Waals surface area contributed by atoms with E-state index in [1.54, 1.807) is 12.1 Å². The highest BCUT2D eigenvalue weighted by Crippen LogP contribution is 2.23. The summed E-state index contributed by atoms with van der Waals surface area (Å²) in [4.78, 5) is 14.0. The number of ether oxygens (including phenoxy) is 1. The third-order valence-corrected chi connectivity index (χ3v) is 2.58. The van der Waals surface area contributed by atoms with Crippen LogP contribution < -0.4 is 10.5 Å². The lowest BCUT2D eigenvalue weighted by atomic mass is 10.2. The fraction of sp³-hybridized carbons (Fsp3) is 0.0833. The van der Waals surface area contributed by atoms with Gasteiger partial charge in [-0.15, -0.1) is 0 Å². The van der Waals surface area contributed by atoms with E-state index in [1.807, 2.05) is 0 Å². The Morgan fingerprint density at radius 1 is 1.37 bits per heavy atom. The molecule has 6 nitrogen and oxygen atoms in total. The number of nitro benzene ring substituents is 1. The largest absolute Gasteiger partial charge is 0.487 e. The molecule has 2 rings (SSSR count). The molecule has 0 unspecified atom stereocenters. The van der Waals surface area contributed by atoms with Crippen LogP contribution >= 0.6 is 11.6 Å². The minimum absolute atomic E-state index is 0.107. The number of nitrogens with two attached hydrogens (primary N) is 1. The molecule has 1 aromatic carbocycles. The summed E-state index contributed by atoms with van der Waals surface area (Å²) in [5.74, 6) is 0.518. The summed E-state index contributed by atoms with van der Waals surface area (Å²) in [5, 5.41) is 11.1. The smallest absolute Gasteiger partial charge is 0.292 e. The summed E-state index contributed by atoms with van der Waals surface area (Å²) < 4.78 is 5.46. The van der Waals surface area contributed by atoms with E-state index in [9.17, 15) is 10.1 Å². The number of aromatic nitrogens is 1. The number of hydrogen-bond acceptors (Lipinski definition) is 5. The topological polar surface area (TPSA) is 91.3 Å². The van der Waals surface area contributed by atoms with Gasteiger partial charge < -0.3 is 10.5 Å². The average molecular weight is 280 g/mol. The van der Waals surface area contributed by atoms with E-state index in [4.69, 9.17) is 22.1 Å². The number of hydrogen-bond donors (Lipinski definition) is 1. The van der Waals surface area contributed by atoms with Crippen molar-refractivity contribution < 1.29 is 9.66 Å². The summed E-state index contributed by atoms with van der Waals surface area (Å²) in [5.41, 5.74) is 6.30. The van der Waals surface area contributed by atoms with Crippen molar-refractivity contribution in [1.82, 2.24) is 4.98 Å². The summed E-state index contributed by atoms with van der Waals surface area (Å²) in [6.45, 7) is 0.226. The Balaban J connectivity index is 2.08. The second-order valence-electron chi connectivity index (χ2n) is 3.78. The summed E-state index contributed by atoms with van der Waals surface area (Å²) in [7, 11) is 0. The second-order valence-corrected chi connectivity index (χ2v) is 4.21. The highest BCUT2D eigenvalue weighted by atomic mass is 35.5. The van der Waals surface area contributed by atoms with Crippen LogP contribution in [-0.2, 0) is 6.61 Å². The van der Waals surface area contributed by atoms with Crippen molar-refractivity contribution in [3.63, 3.8) is 0 Å². The van der Waals surface area contributed by atoms with Crippen LogP contribution in [0.25, 0.3) is 0 Å². The molecule has 2 aromatic rings. The van der Waals surface area contributed by atoms with Gasteiger partial charge in [0.15, 0.2) is 0 Å². The Kier molecular flexibility index (Phi) is 3.82. The molecule has 2 N–H and O–H groups in total. The van der Waals surface area contributed by atoms with E-state index in [-0.39, 0.29) is 18.0 Å². The summed E-state index contributed by atoms with van der Waals surface area (Å²) in [6, 6.07) is 6.08. The van der Waals surface area contributed by atoms with Gasteiger partial charge in [-0.2, -0.15) is 0 Å². The molecule has 0 saturated carbocycles. The van der Waals surface area contributed by atoms with Crippen LogP contribution in [-0.4, -0.2) is 9.91 Å². The van der Waals surface area contributed by atoms with Crippen LogP contribution in [0, 0.1) is 10.1 Å². The Labute approximate surface area is 113 Å². The van der Waals surface area contributed by atoms with Gasteiger partial charge in [0.25, 0.3) is 5.69 Å². The Bertz CT molecular complexity index is 619. The normalized spacial score (nSPS) is 10.2. The molecule has 0 spiro atoms. The van der Waals surface area contributed by atoms with Gasteiger partial charge in [0, 0.05) is 18.3 Å². The molecule has 0 aliphatic heterocycles. The van der Waals surface area contributed by atoms with E-state index in [0.717, 1.165) is 5.56 Å². The van der Waals surface area contributed by atoms with Crippen LogP contribution in [0.3, 0.4) is 0 Å². The molecule has 19 heavy (non-hydrogen) atoms. The highest BCUT2D eigenvalue weighted by molar-refractivity contribution is 6.30. The fourth-order valence-electron chi connectivity index (χ4n) is 1.50. The molecule has 0 bridgehead atoms. The number of pyridine rings is 1. The number of rotatable bonds is 4. The predicted molar refractivity (Wildman–Crippen MR) is 71.1 cm³/mol. The molecular formula is C12H10ClN3O3. The number of nitro groups is 1. The first-order chi connectivity index (χ1) is 9.06. The lowest BCUT2D eigenvalue weighted by molar-refractivity contribution is -0.383. The van der Waals surface area contributed by atoms with E-state index in [1.165, 1.54) is 24.5 Å². The minimum atomic E-state index is -0.527. The SMILES string of the molecule is Nc1cc(COc2cncc(Cl)c2)ccc1[N+](=O)[O-]. The zero-order valence-electron chi connectivity index (χ0n) is 9.75. The van der Waals surface area contributed by atoms with Crippen molar-refractivity contribution in [2.45, 2.75) is 6.61 Å². The molecule has 0 atom stereocenters. The molecule has 1 heterocycles. The molecule has 98 valence electrons. The minimum Gasteiger partial charge on any atom is -0.487 e. The van der Waals surface area contributed by atoms with Gasteiger partial charge in [-0.3, -0.25) is 15.1 Å². The van der Waals surface area contributed by atoms with E-state index >= 15 is 0 Å². The third kappa shape index (κ3) is 3.32. The molecule has 0 fully saturated rings. The molecule has 7 heteroatoms. The maximum absolute atomic E-state index is 10.6. The van der Waals surface area contributed by atoms with Crippen molar-refractivity contribution in [1.29, 1.82) is 0 Å². The van der Waals surface area contributed by atoms with E-state index in [2.05, 4.69) is 4.98 Å². The molecular weight excluding hydrogens is 270 g/mol. The van der Waals surface area contributed by atoms with Gasteiger partial charge in [0.2, 0.25) is 0 Å². The Morgan fingerprint density at radius 2 is 2.16 bits per heavy atom. The van der Waals surface area contributed by atoms with Crippen LogP contribution in [0.5, 0.6) is 5.75 Å². The molecule has 0 aliphatic rings. The van der Waals surface area contributed by atoms with Gasteiger partial charge in [0.05, 0.1) is 16.1 Å². The summed E-state index contributed by atoms with van der Waals surface area (Å²) >= 11 is 5.77. The molecule has 0 aliphatic carbocycles. The maximum atomic E-state index is 10.6. The van der Waals surface area contributed by atoms with Gasteiger partial charge in [0.1, 0.15) is 18.0 Å². The van der Waals surface area contributed by atoms with Crippen molar-refractivity contribution in [2.75, 3.05) is 5.73 Å². The first-order valence-corrected chi connectivity index (χ1v) is 5.70. The standard InChI is InChI=1S/C12H10ClN3O3/c13-9-4-10(6-15-5-9)19-7-8-1-2-12(16(17)18)11(14)3-8/h1-6H,7,14H2. The maximum Gasteiger partial charge on any atom is 0.292 e. The predicted octanol–water partition coefficient (Wildman–Crippen LogP) is 2.80. The van der Waals surface area contributed by atoms with Crippen LogP contribution in [0.1, 0.15) is 5.56 Å². The number of halogens is 1. The zero-order chi connectivity index (χ0) is 13.8. The Hall–Kier alpha value is -2.34. The molecule has 1 aromatic heterocycles. The number of benzene rings is 1. The lowest BCUT2D eigenvalue weighted by Gasteiger charge is -2.06. The number of anilines is 1. The quantitative estimate of drug-likeness (QED) is 0.528. The summed E-state index contributed by atoms with van der Waals surface area (Å²) in [6.07, 6.45) is 3.03. The van der Waals surface area contributed by atoms with Crippen molar-refractivity contribution in [3.05, 3.63) is 57.4 Å². The first kappa shape index (κ1) is 13.1. The van der Waals surface area contributed by atoms with Gasteiger partial charge in [-0.1, -0.05) is 11.6 Å². The third-order valence-electron chi connectivity index (χ3n) is 2.37. The van der Waals surface area contributed by atoms with Gasteiger partial charge in [-0.05, 0) is 17.7 Å². The highest BCUT2D eigenvalue weighted by Gasteiger charge is 2.11. The molecule has 0 amide bonds. The monoisotopic (exact) mass is 279 g/mol. The van der Waals surface area contributed by atoms with Crippen molar-refractivity contribution >= 4 is 23.0 Å². The second kappa shape index (κ2) is 5.53. The van der Waals surface area contributed by atoms with Crippen LogP contribution in [0.15, 0.2) is 36.7 Å². The van der Waals surface area contributed by atoms with E-state index in [0.29, 0.717) is 10.8 Å². The number of nitrogens with zero attached hydrogens (tertiary/aromatic N) is 2. The molecule has 0 radical (unpaired) electrons. The average Bonchev–Trinajstić information content (AvgIpc) is 2.36. The fourth-order valence-corrected chi connectivity index (χ4v) is 1.66. The molecule has 0 saturated heterocycles. The van der Waals surface area contributed by atoms with Crippen LogP contribution in [0.4, 0.5) is 11.4 Å². The Morgan fingerprint density at radius 3 is 2.79 bits per heavy atom. The van der Waals surface area contributed by atoms with Gasteiger partial charge >= 0.3 is 0 Å². The first-order valence-electron chi connectivity index (χ1n) is 5.32. The number of nitrogen functional groups attached to an aromatic ring is 1. The van der Waals surface area contributed by atoms with Gasteiger partial charge in [-0.25, -0.2) is 0 Å². The zero-order valence-corrected chi connectivity index (χ0v) is 10.5. The lowest BCUT2D eigenvalue weighted by Crippen LogP contribution is -2.00. The van der Waals surface area contributed by atoms with E-state index < -0.39 is 4.92 Å². The van der Waals surface area contributed by atoms with Crippen molar-refractivity contribution in [3.8, 4) is 5.75 Å². The van der Waals surface area contributed by atoms with Crippen LogP contribution in [0.2, 0.25) is 5.02 Å².